The molecule has 0 radical (unpaired) electrons. The van der Waals surface area contributed by atoms with Gasteiger partial charge >= 0.3 is 0 Å². The molecule has 8 atom stereocenters. The summed E-state index contributed by atoms with van der Waals surface area (Å²) in [6.45, 7) is 4.98. The van der Waals surface area contributed by atoms with Gasteiger partial charge in [-0.15, -0.1) is 0 Å². The number of hydrogen-bond acceptors (Lipinski definition) is 2. The molecule has 0 spiro atoms. The van der Waals surface area contributed by atoms with E-state index in [0.29, 0.717) is 10.8 Å². The summed E-state index contributed by atoms with van der Waals surface area (Å²) >= 11 is 0. The largest absolute Gasteiger partial charge is 0.393 e. The summed E-state index contributed by atoms with van der Waals surface area (Å²) in [7, 11) is 0. The second-order valence-electron chi connectivity index (χ2n) is 9.37. The molecule has 2 heteroatoms. The molecule has 120 valence electrons. The monoisotopic (exact) mass is 292 g/mol. The van der Waals surface area contributed by atoms with Gasteiger partial charge in [-0.25, -0.2) is 0 Å². The van der Waals surface area contributed by atoms with E-state index in [0.717, 1.165) is 49.4 Å². The number of hydrogen-bond donors (Lipinski definition) is 2. The maximum Gasteiger partial charge on any atom is 0.0548 e. The molecule has 0 unspecified atom stereocenters. The summed E-state index contributed by atoms with van der Waals surface area (Å²) in [5.74, 6) is 3.21. The topological polar surface area (TPSA) is 40.5 Å². The van der Waals surface area contributed by atoms with Crippen LogP contribution in [0.15, 0.2) is 0 Å². The highest BCUT2D eigenvalue weighted by Crippen LogP contribution is 2.66. The molecule has 0 bridgehead atoms. The molecule has 0 aromatic rings. The molecule has 21 heavy (non-hydrogen) atoms. The molecule has 4 aliphatic carbocycles. The third-order valence-corrected chi connectivity index (χ3v) is 8.38. The Morgan fingerprint density at radius 3 is 2.43 bits per heavy atom. The van der Waals surface area contributed by atoms with Gasteiger partial charge in [-0.3, -0.25) is 0 Å². The van der Waals surface area contributed by atoms with Crippen molar-refractivity contribution in [2.45, 2.75) is 83.8 Å². The van der Waals surface area contributed by atoms with Crippen molar-refractivity contribution in [2.24, 2.45) is 34.5 Å². The average Bonchev–Trinajstić information content (AvgIpc) is 2.74. The van der Waals surface area contributed by atoms with E-state index in [9.17, 15) is 10.2 Å². The Bertz CT molecular complexity index is 422. The van der Waals surface area contributed by atoms with Crippen LogP contribution in [0.1, 0.15) is 71.6 Å². The van der Waals surface area contributed by atoms with Crippen molar-refractivity contribution in [1.29, 1.82) is 0 Å². The van der Waals surface area contributed by atoms with E-state index >= 15 is 0 Å². The Morgan fingerprint density at radius 2 is 1.62 bits per heavy atom. The SMILES string of the molecule is C[C@]12CC[C@H]3[C@@H](CC[C@@H]4C[C@@H](O)CC[C@@]43C)[C@@H]1C[C@@H](O)C2. The molecule has 0 aliphatic heterocycles. The van der Waals surface area contributed by atoms with Crippen LogP contribution in [0.25, 0.3) is 0 Å². The first-order chi connectivity index (χ1) is 9.92. The van der Waals surface area contributed by atoms with Gasteiger partial charge in [0.25, 0.3) is 0 Å². The van der Waals surface area contributed by atoms with Crippen molar-refractivity contribution >= 4 is 0 Å². The summed E-state index contributed by atoms with van der Waals surface area (Å²) in [5.41, 5.74) is 0.884. The van der Waals surface area contributed by atoms with Crippen LogP contribution < -0.4 is 0 Å². The van der Waals surface area contributed by atoms with Gasteiger partial charge in [-0.05, 0) is 92.3 Å². The van der Waals surface area contributed by atoms with Gasteiger partial charge < -0.3 is 10.2 Å². The second-order valence-corrected chi connectivity index (χ2v) is 9.37. The van der Waals surface area contributed by atoms with E-state index in [2.05, 4.69) is 13.8 Å². The summed E-state index contributed by atoms with van der Waals surface area (Å²) in [5, 5.41) is 20.3. The minimum atomic E-state index is -0.0440. The lowest BCUT2D eigenvalue weighted by Gasteiger charge is -2.60. The summed E-state index contributed by atoms with van der Waals surface area (Å²) in [6, 6.07) is 0. The van der Waals surface area contributed by atoms with Crippen LogP contribution in [0.4, 0.5) is 0 Å². The standard InChI is InChI=1S/C19H32O2/c1-18-7-6-16-15(17(18)10-14(21)11-18)4-3-12-9-13(20)5-8-19(12,16)2/h12-17,20-21H,3-11H2,1-2H3/t12-,13+,14-,15-,16+,17+,18-,19+/m1/s1. The van der Waals surface area contributed by atoms with Crippen LogP contribution in [0.3, 0.4) is 0 Å². The molecule has 4 saturated carbocycles. The first-order valence-electron chi connectivity index (χ1n) is 9.28. The normalized spacial score (nSPS) is 60.0. The fraction of sp³-hybridized carbons (Fsp3) is 1.00. The Hall–Kier alpha value is -0.0800. The quantitative estimate of drug-likeness (QED) is 0.714. The van der Waals surface area contributed by atoms with Crippen LogP contribution in [-0.4, -0.2) is 22.4 Å². The smallest absolute Gasteiger partial charge is 0.0548 e. The molecule has 4 rings (SSSR count). The maximum absolute atomic E-state index is 10.2. The van der Waals surface area contributed by atoms with Gasteiger partial charge in [0.2, 0.25) is 0 Å². The van der Waals surface area contributed by atoms with Crippen molar-refractivity contribution in [3.05, 3.63) is 0 Å². The molecule has 0 aromatic carbocycles. The lowest BCUT2D eigenvalue weighted by Crippen LogP contribution is -2.53. The molecule has 0 aromatic heterocycles. The highest BCUT2D eigenvalue weighted by Gasteiger charge is 2.58. The fourth-order valence-corrected chi connectivity index (χ4v) is 7.26. The number of fused-ring (bicyclic) bond motifs is 5. The fourth-order valence-electron chi connectivity index (χ4n) is 7.26. The zero-order chi connectivity index (χ0) is 14.8. The van der Waals surface area contributed by atoms with Crippen molar-refractivity contribution in [3.63, 3.8) is 0 Å². The molecule has 4 fully saturated rings. The molecular formula is C19H32O2. The van der Waals surface area contributed by atoms with Gasteiger partial charge in [0.15, 0.2) is 0 Å². The van der Waals surface area contributed by atoms with Gasteiger partial charge in [0.1, 0.15) is 0 Å². The summed E-state index contributed by atoms with van der Waals surface area (Å²) < 4.78 is 0. The van der Waals surface area contributed by atoms with Gasteiger partial charge in [-0.1, -0.05) is 13.8 Å². The highest BCUT2D eigenvalue weighted by atomic mass is 16.3. The van der Waals surface area contributed by atoms with Crippen LogP contribution in [0, 0.1) is 34.5 Å². The molecule has 2 N–H and O–H groups in total. The highest BCUT2D eigenvalue weighted by molar-refractivity contribution is 5.08. The van der Waals surface area contributed by atoms with E-state index in [1.54, 1.807) is 0 Å². The Morgan fingerprint density at radius 1 is 0.810 bits per heavy atom. The molecule has 0 saturated heterocycles. The van der Waals surface area contributed by atoms with Crippen LogP contribution in [0.5, 0.6) is 0 Å². The zero-order valence-corrected chi connectivity index (χ0v) is 13.7. The molecule has 0 heterocycles. The van der Waals surface area contributed by atoms with E-state index in [1.807, 2.05) is 0 Å². The lowest BCUT2D eigenvalue weighted by atomic mass is 9.45. The van der Waals surface area contributed by atoms with Crippen molar-refractivity contribution < 1.29 is 10.2 Å². The molecule has 2 nitrogen and oxygen atoms in total. The Balaban J connectivity index is 1.62. The Kier molecular flexibility index (Phi) is 3.25. The van der Waals surface area contributed by atoms with E-state index < -0.39 is 0 Å². The third kappa shape index (κ3) is 2.05. The minimum Gasteiger partial charge on any atom is -0.393 e. The zero-order valence-electron chi connectivity index (χ0n) is 13.7. The van der Waals surface area contributed by atoms with E-state index in [4.69, 9.17) is 0 Å². The van der Waals surface area contributed by atoms with Crippen molar-refractivity contribution in [2.75, 3.05) is 0 Å². The minimum absolute atomic E-state index is 0.0400. The van der Waals surface area contributed by atoms with Crippen molar-refractivity contribution in [3.8, 4) is 0 Å². The van der Waals surface area contributed by atoms with E-state index in [1.165, 1.54) is 32.1 Å². The maximum atomic E-state index is 10.2. The van der Waals surface area contributed by atoms with Crippen LogP contribution in [0.2, 0.25) is 0 Å². The first-order valence-corrected chi connectivity index (χ1v) is 9.28. The number of aliphatic hydroxyl groups excluding tert-OH is 2. The lowest BCUT2D eigenvalue weighted by molar-refractivity contribution is -0.120. The van der Waals surface area contributed by atoms with Gasteiger partial charge in [0.05, 0.1) is 12.2 Å². The summed E-state index contributed by atoms with van der Waals surface area (Å²) in [4.78, 5) is 0. The average molecular weight is 292 g/mol. The summed E-state index contributed by atoms with van der Waals surface area (Å²) in [6.07, 6.45) is 10.7. The van der Waals surface area contributed by atoms with Gasteiger partial charge in [-0.2, -0.15) is 0 Å². The molecule has 4 aliphatic rings. The van der Waals surface area contributed by atoms with E-state index in [-0.39, 0.29) is 12.2 Å². The number of aliphatic hydroxyl groups is 2. The molecule has 0 amide bonds. The van der Waals surface area contributed by atoms with Crippen molar-refractivity contribution in [1.82, 2.24) is 0 Å². The second kappa shape index (κ2) is 4.71. The predicted molar refractivity (Wildman–Crippen MR) is 83.7 cm³/mol. The Labute approximate surface area is 129 Å². The molecular weight excluding hydrogens is 260 g/mol. The number of rotatable bonds is 0. The van der Waals surface area contributed by atoms with Crippen LogP contribution >= 0.6 is 0 Å². The predicted octanol–water partition coefficient (Wildman–Crippen LogP) is 3.75. The van der Waals surface area contributed by atoms with Crippen LogP contribution in [-0.2, 0) is 0 Å². The van der Waals surface area contributed by atoms with Gasteiger partial charge in [0, 0.05) is 0 Å². The first kappa shape index (κ1) is 14.5. The third-order valence-electron chi connectivity index (χ3n) is 8.38.